The Labute approximate surface area is 292 Å². The highest BCUT2D eigenvalue weighted by Crippen LogP contribution is 2.41. The number of fused-ring (bicyclic) bond motifs is 6. The number of hydrogen-bond donors (Lipinski definition) is 0. The Hall–Kier alpha value is -6.43. The standard InChI is InChI=1S/C45H27N3OS/c1-3-10-28(11-4-1)30-18-20-31(21-19-30)43-46-44(33-22-24-35-34-14-7-8-17-39(34)49-40(35)27-33)48-45(47-43)37-16-9-15-36-38-26-32(29-12-5-2-6-13-29)23-25-41(38)50-42(36)37/h1-27H. The van der Waals surface area contributed by atoms with Gasteiger partial charge in [-0.2, -0.15) is 0 Å². The third-order valence-electron chi connectivity index (χ3n) is 9.37. The maximum absolute atomic E-state index is 6.26. The van der Waals surface area contributed by atoms with E-state index in [1.54, 1.807) is 11.3 Å². The van der Waals surface area contributed by atoms with Crippen molar-refractivity contribution in [3.63, 3.8) is 0 Å². The van der Waals surface area contributed by atoms with Gasteiger partial charge in [-0.15, -0.1) is 11.3 Å². The predicted octanol–water partition coefficient (Wildman–Crippen LogP) is 12.5. The van der Waals surface area contributed by atoms with Crippen LogP contribution < -0.4 is 0 Å². The molecule has 3 aromatic heterocycles. The van der Waals surface area contributed by atoms with Crippen LogP contribution in [0.1, 0.15) is 0 Å². The average molecular weight is 658 g/mol. The van der Waals surface area contributed by atoms with E-state index in [1.165, 1.54) is 32.2 Å². The number of aromatic nitrogens is 3. The van der Waals surface area contributed by atoms with Crippen LogP contribution in [-0.2, 0) is 0 Å². The molecule has 0 saturated carbocycles. The molecule has 5 heteroatoms. The minimum Gasteiger partial charge on any atom is -0.456 e. The van der Waals surface area contributed by atoms with E-state index in [4.69, 9.17) is 19.4 Å². The van der Waals surface area contributed by atoms with Crippen LogP contribution in [0.3, 0.4) is 0 Å². The van der Waals surface area contributed by atoms with E-state index in [0.29, 0.717) is 17.5 Å². The normalized spacial score (nSPS) is 11.6. The molecule has 234 valence electrons. The van der Waals surface area contributed by atoms with Crippen LogP contribution in [0.25, 0.3) is 98.5 Å². The molecular formula is C45H27N3OS. The van der Waals surface area contributed by atoms with E-state index in [2.05, 4.69) is 133 Å². The zero-order chi connectivity index (χ0) is 33.0. The molecule has 7 aromatic carbocycles. The van der Waals surface area contributed by atoms with E-state index < -0.39 is 0 Å². The van der Waals surface area contributed by atoms with Gasteiger partial charge in [0.25, 0.3) is 0 Å². The zero-order valence-electron chi connectivity index (χ0n) is 26.7. The molecule has 0 unspecified atom stereocenters. The number of nitrogens with zero attached hydrogens (tertiary/aromatic N) is 3. The van der Waals surface area contributed by atoms with E-state index in [0.717, 1.165) is 48.9 Å². The van der Waals surface area contributed by atoms with Gasteiger partial charge >= 0.3 is 0 Å². The first-order valence-electron chi connectivity index (χ1n) is 16.6. The largest absolute Gasteiger partial charge is 0.456 e. The number of thiophene rings is 1. The maximum atomic E-state index is 6.26. The summed E-state index contributed by atoms with van der Waals surface area (Å²) in [6, 6.07) is 56.9. The molecule has 0 atom stereocenters. The van der Waals surface area contributed by atoms with Crippen LogP contribution in [0.15, 0.2) is 168 Å². The van der Waals surface area contributed by atoms with Crippen molar-refractivity contribution in [3.05, 3.63) is 164 Å². The van der Waals surface area contributed by atoms with Crippen LogP contribution in [-0.4, -0.2) is 15.0 Å². The SMILES string of the molecule is c1ccc(-c2ccc(-c3nc(-c4ccc5c(c4)oc4ccccc45)nc(-c4cccc5c4sc4ccc(-c6ccccc6)cc45)n3)cc2)cc1. The summed E-state index contributed by atoms with van der Waals surface area (Å²) >= 11 is 1.78. The summed E-state index contributed by atoms with van der Waals surface area (Å²) < 4.78 is 8.65. The fraction of sp³-hybridized carbons (Fsp3) is 0. The summed E-state index contributed by atoms with van der Waals surface area (Å²) in [5, 5.41) is 4.59. The topological polar surface area (TPSA) is 51.8 Å². The van der Waals surface area contributed by atoms with Crippen LogP contribution in [0.4, 0.5) is 0 Å². The zero-order valence-corrected chi connectivity index (χ0v) is 27.6. The van der Waals surface area contributed by atoms with Gasteiger partial charge in [-0.05, 0) is 58.7 Å². The second-order valence-electron chi connectivity index (χ2n) is 12.4. The monoisotopic (exact) mass is 657 g/mol. The van der Waals surface area contributed by atoms with E-state index >= 15 is 0 Å². The molecule has 0 bridgehead atoms. The summed E-state index contributed by atoms with van der Waals surface area (Å²) in [5.41, 5.74) is 9.17. The molecule has 0 aliphatic carbocycles. The van der Waals surface area contributed by atoms with Crippen LogP contribution >= 0.6 is 11.3 Å². The lowest BCUT2D eigenvalue weighted by atomic mass is 10.0. The molecule has 0 amide bonds. The summed E-state index contributed by atoms with van der Waals surface area (Å²) in [6.45, 7) is 0. The molecule has 0 aliphatic rings. The first-order valence-corrected chi connectivity index (χ1v) is 17.4. The number of furan rings is 1. The van der Waals surface area contributed by atoms with Gasteiger partial charge in [0.2, 0.25) is 0 Å². The number of benzene rings is 7. The molecular weight excluding hydrogens is 631 g/mol. The fourth-order valence-electron chi connectivity index (χ4n) is 6.85. The van der Waals surface area contributed by atoms with Crippen molar-refractivity contribution in [1.29, 1.82) is 0 Å². The van der Waals surface area contributed by atoms with Crippen molar-refractivity contribution < 1.29 is 4.42 Å². The lowest BCUT2D eigenvalue weighted by Crippen LogP contribution is -2.00. The van der Waals surface area contributed by atoms with Crippen LogP contribution in [0, 0.1) is 0 Å². The van der Waals surface area contributed by atoms with Crippen molar-refractivity contribution in [3.8, 4) is 56.4 Å². The molecule has 50 heavy (non-hydrogen) atoms. The van der Waals surface area contributed by atoms with Crippen molar-refractivity contribution in [2.45, 2.75) is 0 Å². The van der Waals surface area contributed by atoms with Crippen LogP contribution in [0.5, 0.6) is 0 Å². The van der Waals surface area contributed by atoms with Gasteiger partial charge in [0.1, 0.15) is 11.2 Å². The Morgan fingerprint density at radius 3 is 1.74 bits per heavy atom. The summed E-state index contributed by atoms with van der Waals surface area (Å²) in [7, 11) is 0. The van der Waals surface area contributed by atoms with E-state index in [9.17, 15) is 0 Å². The average Bonchev–Trinajstić information content (AvgIpc) is 3.76. The second kappa shape index (κ2) is 11.6. The molecule has 10 aromatic rings. The van der Waals surface area contributed by atoms with Crippen molar-refractivity contribution >= 4 is 53.4 Å². The molecule has 0 saturated heterocycles. The summed E-state index contributed by atoms with van der Waals surface area (Å²) in [4.78, 5) is 15.4. The molecule has 0 spiro atoms. The lowest BCUT2D eigenvalue weighted by molar-refractivity contribution is 0.669. The van der Waals surface area contributed by atoms with Gasteiger partial charge in [-0.25, -0.2) is 15.0 Å². The first kappa shape index (κ1) is 28.6. The third kappa shape index (κ3) is 4.87. The summed E-state index contributed by atoms with van der Waals surface area (Å²) in [6.07, 6.45) is 0. The van der Waals surface area contributed by atoms with Crippen molar-refractivity contribution in [1.82, 2.24) is 15.0 Å². The molecule has 0 radical (unpaired) electrons. The molecule has 0 fully saturated rings. The molecule has 0 aliphatic heterocycles. The maximum Gasteiger partial charge on any atom is 0.165 e. The Morgan fingerprint density at radius 2 is 0.940 bits per heavy atom. The molecule has 4 nitrogen and oxygen atoms in total. The number of hydrogen-bond acceptors (Lipinski definition) is 5. The fourth-order valence-corrected chi connectivity index (χ4v) is 8.04. The number of para-hydroxylation sites is 1. The Balaban J connectivity index is 1.15. The lowest BCUT2D eigenvalue weighted by Gasteiger charge is -2.10. The van der Waals surface area contributed by atoms with Gasteiger partial charge in [0.05, 0.1) is 0 Å². The van der Waals surface area contributed by atoms with Gasteiger partial charge < -0.3 is 4.42 Å². The Morgan fingerprint density at radius 1 is 0.360 bits per heavy atom. The highest BCUT2D eigenvalue weighted by molar-refractivity contribution is 7.26. The third-order valence-corrected chi connectivity index (χ3v) is 10.6. The Bertz CT molecular complexity index is 2860. The quantitative estimate of drug-likeness (QED) is 0.185. The second-order valence-corrected chi connectivity index (χ2v) is 13.5. The highest BCUT2D eigenvalue weighted by atomic mass is 32.1. The van der Waals surface area contributed by atoms with Crippen LogP contribution in [0.2, 0.25) is 0 Å². The smallest absolute Gasteiger partial charge is 0.165 e. The van der Waals surface area contributed by atoms with Gasteiger partial charge in [-0.1, -0.05) is 127 Å². The van der Waals surface area contributed by atoms with Crippen molar-refractivity contribution in [2.75, 3.05) is 0 Å². The molecule has 10 rings (SSSR count). The van der Waals surface area contributed by atoms with Crippen molar-refractivity contribution in [2.24, 2.45) is 0 Å². The minimum absolute atomic E-state index is 0.601. The predicted molar refractivity (Wildman–Crippen MR) is 207 cm³/mol. The van der Waals surface area contributed by atoms with Gasteiger partial charge in [-0.3, -0.25) is 0 Å². The summed E-state index contributed by atoms with van der Waals surface area (Å²) in [5.74, 6) is 1.87. The van der Waals surface area contributed by atoms with E-state index in [-0.39, 0.29) is 0 Å². The van der Waals surface area contributed by atoms with Gasteiger partial charge in [0, 0.05) is 47.6 Å². The highest BCUT2D eigenvalue weighted by Gasteiger charge is 2.18. The van der Waals surface area contributed by atoms with E-state index in [1.807, 2.05) is 30.3 Å². The minimum atomic E-state index is 0.601. The Kier molecular flexibility index (Phi) is 6.64. The van der Waals surface area contributed by atoms with Gasteiger partial charge in [0.15, 0.2) is 17.5 Å². The first-order chi connectivity index (χ1) is 24.7. The number of rotatable bonds is 5. The molecule has 3 heterocycles. The molecule has 0 N–H and O–H groups in total.